The minimum Gasteiger partial charge on any atom is -0.449 e. The quantitative estimate of drug-likeness (QED) is 0.447. The second-order valence-electron chi connectivity index (χ2n) is 6.24. The van der Waals surface area contributed by atoms with Gasteiger partial charge in [0.25, 0.3) is 17.7 Å². The maximum absolute atomic E-state index is 12.8. The van der Waals surface area contributed by atoms with Crippen LogP contribution in [0, 0.1) is 0 Å². The fraction of sp³-hybridized carbons (Fsp3) is 0.143. The van der Waals surface area contributed by atoms with Crippen molar-refractivity contribution in [2.45, 2.75) is 13.0 Å². The highest BCUT2D eigenvalue weighted by molar-refractivity contribution is 6.39. The van der Waals surface area contributed by atoms with E-state index in [1.54, 1.807) is 24.3 Å². The third-order valence-electron chi connectivity index (χ3n) is 4.29. The Hall–Kier alpha value is -3.45. The monoisotopic (exact) mass is 412 g/mol. The minimum absolute atomic E-state index is 0.0503. The van der Waals surface area contributed by atoms with E-state index in [0.29, 0.717) is 0 Å². The van der Waals surface area contributed by atoms with Crippen molar-refractivity contribution in [2.24, 2.45) is 0 Å². The summed E-state index contributed by atoms with van der Waals surface area (Å²) in [5.41, 5.74) is 0.530. The van der Waals surface area contributed by atoms with Gasteiger partial charge in [-0.2, -0.15) is 0 Å². The van der Waals surface area contributed by atoms with E-state index in [2.05, 4.69) is 11.9 Å². The molecule has 2 aromatic carbocycles. The van der Waals surface area contributed by atoms with E-state index in [4.69, 9.17) is 16.3 Å². The predicted molar refractivity (Wildman–Crippen MR) is 107 cm³/mol. The first-order valence-corrected chi connectivity index (χ1v) is 9.10. The van der Waals surface area contributed by atoms with Crippen molar-refractivity contribution in [3.8, 4) is 0 Å². The van der Waals surface area contributed by atoms with Gasteiger partial charge in [-0.3, -0.25) is 14.4 Å². The van der Waals surface area contributed by atoms with Gasteiger partial charge in [-0.25, -0.2) is 9.69 Å². The molecule has 0 saturated carbocycles. The average molecular weight is 413 g/mol. The molecule has 0 aliphatic carbocycles. The fourth-order valence-corrected chi connectivity index (χ4v) is 3.04. The van der Waals surface area contributed by atoms with Crippen LogP contribution in [0.3, 0.4) is 0 Å². The van der Waals surface area contributed by atoms with Gasteiger partial charge in [-0.1, -0.05) is 29.8 Å². The molecule has 1 aliphatic rings. The number of nitrogens with zero attached hydrogens (tertiary/aromatic N) is 1. The minimum atomic E-state index is -1.03. The van der Waals surface area contributed by atoms with Crippen LogP contribution in [0.25, 0.3) is 0 Å². The number of carbonyl (C=O) groups excluding carboxylic acids is 4. The van der Waals surface area contributed by atoms with Gasteiger partial charge in [0.2, 0.25) is 0 Å². The van der Waals surface area contributed by atoms with Crippen molar-refractivity contribution < 1.29 is 23.9 Å². The Bertz CT molecular complexity index is 1030. The number of carbonyl (C=O) groups is 4. The molecule has 2 aromatic rings. The first kappa shape index (κ1) is 20.3. The maximum Gasteiger partial charge on any atom is 0.338 e. The van der Waals surface area contributed by atoms with Crippen LogP contribution in [0.5, 0.6) is 0 Å². The highest BCUT2D eigenvalue weighted by Crippen LogP contribution is 2.33. The van der Waals surface area contributed by atoms with Crippen molar-refractivity contribution in [2.75, 3.05) is 11.4 Å². The normalized spacial score (nSPS) is 13.7. The molecule has 29 heavy (non-hydrogen) atoms. The van der Waals surface area contributed by atoms with Crippen LogP contribution < -0.4 is 10.2 Å². The van der Waals surface area contributed by atoms with Gasteiger partial charge in [-0.05, 0) is 37.3 Å². The summed E-state index contributed by atoms with van der Waals surface area (Å²) in [5, 5.41) is 2.77. The van der Waals surface area contributed by atoms with Gasteiger partial charge in [0.05, 0.1) is 27.4 Å². The molecular formula is C21H17ClN2O5. The zero-order valence-corrected chi connectivity index (χ0v) is 16.2. The number of halogens is 1. The van der Waals surface area contributed by atoms with Crippen LogP contribution in [0.2, 0.25) is 5.02 Å². The summed E-state index contributed by atoms with van der Waals surface area (Å²) in [6.07, 6.45) is 0.466. The van der Waals surface area contributed by atoms with E-state index < -0.39 is 29.8 Å². The molecule has 0 fully saturated rings. The van der Waals surface area contributed by atoms with E-state index in [9.17, 15) is 19.2 Å². The first-order chi connectivity index (χ1) is 13.8. The number of fused-ring (bicyclic) bond motifs is 1. The number of para-hydroxylation sites is 1. The van der Waals surface area contributed by atoms with E-state index in [1.165, 1.54) is 31.2 Å². The Morgan fingerprint density at radius 2 is 1.86 bits per heavy atom. The summed E-state index contributed by atoms with van der Waals surface area (Å²) in [5.74, 6) is -2.39. The number of esters is 1. The number of rotatable bonds is 6. The smallest absolute Gasteiger partial charge is 0.338 e. The molecule has 1 heterocycles. The summed E-state index contributed by atoms with van der Waals surface area (Å²) >= 11 is 6.12. The molecule has 1 N–H and O–H groups in total. The molecule has 1 unspecified atom stereocenters. The van der Waals surface area contributed by atoms with Crippen LogP contribution in [0.4, 0.5) is 5.69 Å². The van der Waals surface area contributed by atoms with Crippen molar-refractivity contribution in [1.82, 2.24) is 5.32 Å². The molecule has 3 rings (SSSR count). The lowest BCUT2D eigenvalue weighted by Gasteiger charge is -2.15. The molecule has 0 bridgehead atoms. The van der Waals surface area contributed by atoms with Gasteiger partial charge < -0.3 is 10.1 Å². The molecule has 148 valence electrons. The predicted octanol–water partition coefficient (Wildman–Crippen LogP) is 2.99. The summed E-state index contributed by atoms with van der Waals surface area (Å²) in [6, 6.07) is 10.5. The number of hydrogen-bond donors (Lipinski definition) is 1. The SMILES string of the molecule is C=CCNC(=O)C(C)OC(=O)c1ccc2c(c1)C(=O)N(c1ccccc1Cl)C2=O. The molecule has 7 nitrogen and oxygen atoms in total. The highest BCUT2D eigenvalue weighted by atomic mass is 35.5. The van der Waals surface area contributed by atoms with Crippen molar-refractivity contribution >= 4 is 41.0 Å². The van der Waals surface area contributed by atoms with Crippen LogP contribution >= 0.6 is 11.6 Å². The molecule has 0 aromatic heterocycles. The lowest BCUT2D eigenvalue weighted by Crippen LogP contribution is -2.35. The van der Waals surface area contributed by atoms with Gasteiger partial charge in [0, 0.05) is 6.54 Å². The van der Waals surface area contributed by atoms with Crippen LogP contribution in [0.15, 0.2) is 55.1 Å². The fourth-order valence-electron chi connectivity index (χ4n) is 2.82. The molecule has 1 aliphatic heterocycles. The zero-order valence-electron chi connectivity index (χ0n) is 15.5. The lowest BCUT2D eigenvalue weighted by molar-refractivity contribution is -0.128. The average Bonchev–Trinajstić information content (AvgIpc) is 2.96. The number of benzene rings is 2. The van der Waals surface area contributed by atoms with Crippen LogP contribution in [-0.4, -0.2) is 36.3 Å². The number of imide groups is 1. The Morgan fingerprint density at radius 3 is 2.55 bits per heavy atom. The van der Waals surface area contributed by atoms with Crippen molar-refractivity contribution in [1.29, 1.82) is 0 Å². The Kier molecular flexibility index (Phi) is 5.79. The van der Waals surface area contributed by atoms with Gasteiger partial charge in [0.1, 0.15) is 0 Å². The number of nitrogens with one attached hydrogen (secondary N) is 1. The zero-order chi connectivity index (χ0) is 21.1. The van der Waals surface area contributed by atoms with E-state index in [-0.39, 0.29) is 33.9 Å². The van der Waals surface area contributed by atoms with Crippen LogP contribution in [0.1, 0.15) is 38.0 Å². The number of amides is 3. The van der Waals surface area contributed by atoms with E-state index in [0.717, 1.165) is 4.90 Å². The molecular weight excluding hydrogens is 396 g/mol. The Labute approximate surface area is 171 Å². The second-order valence-corrected chi connectivity index (χ2v) is 6.65. The number of ether oxygens (including phenoxy) is 1. The lowest BCUT2D eigenvalue weighted by atomic mass is 10.1. The molecule has 1 atom stereocenters. The number of hydrogen-bond acceptors (Lipinski definition) is 5. The topological polar surface area (TPSA) is 92.8 Å². The summed E-state index contributed by atoms with van der Waals surface area (Å²) in [7, 11) is 0. The Balaban J connectivity index is 1.83. The second kappa shape index (κ2) is 8.28. The molecule has 0 radical (unpaired) electrons. The summed E-state index contributed by atoms with van der Waals surface area (Å²) in [4.78, 5) is 50.7. The molecule has 3 amide bonds. The van der Waals surface area contributed by atoms with Crippen molar-refractivity contribution in [3.63, 3.8) is 0 Å². The Morgan fingerprint density at radius 1 is 1.17 bits per heavy atom. The van der Waals surface area contributed by atoms with Crippen LogP contribution in [-0.2, 0) is 9.53 Å². The highest BCUT2D eigenvalue weighted by Gasteiger charge is 2.38. The van der Waals surface area contributed by atoms with Gasteiger partial charge in [-0.15, -0.1) is 6.58 Å². The molecule has 0 saturated heterocycles. The van der Waals surface area contributed by atoms with E-state index in [1.807, 2.05) is 0 Å². The van der Waals surface area contributed by atoms with E-state index >= 15 is 0 Å². The summed E-state index contributed by atoms with van der Waals surface area (Å²) in [6.45, 7) is 5.16. The van der Waals surface area contributed by atoms with Gasteiger partial charge >= 0.3 is 5.97 Å². The standard InChI is InChI=1S/C21H17ClN2O5/c1-3-10-23-18(25)12(2)29-21(28)13-8-9-14-15(11-13)20(27)24(19(14)26)17-7-5-4-6-16(17)22/h3-9,11-12H,1,10H2,2H3,(H,23,25). The largest absolute Gasteiger partial charge is 0.449 e. The number of anilines is 1. The molecule has 8 heteroatoms. The summed E-state index contributed by atoms with van der Waals surface area (Å²) < 4.78 is 5.13. The molecule has 0 spiro atoms. The third kappa shape index (κ3) is 3.90. The third-order valence-corrected chi connectivity index (χ3v) is 4.61. The van der Waals surface area contributed by atoms with Gasteiger partial charge in [0.15, 0.2) is 6.10 Å². The van der Waals surface area contributed by atoms with Crippen molar-refractivity contribution in [3.05, 3.63) is 76.8 Å². The maximum atomic E-state index is 12.8. The first-order valence-electron chi connectivity index (χ1n) is 8.72.